The van der Waals surface area contributed by atoms with E-state index in [9.17, 15) is 9.50 Å². The minimum Gasteiger partial charge on any atom is -0.494 e. The van der Waals surface area contributed by atoms with Gasteiger partial charge < -0.3 is 9.84 Å². The summed E-state index contributed by atoms with van der Waals surface area (Å²) < 4.78 is 19.9. The van der Waals surface area contributed by atoms with E-state index < -0.39 is 11.9 Å². The first kappa shape index (κ1) is 14.0. The number of ether oxygens (including phenoxy) is 1. The van der Waals surface area contributed by atoms with E-state index in [4.69, 9.17) is 4.74 Å². The fraction of sp³-hybridized carbons (Fsp3) is 0.200. The quantitative estimate of drug-likeness (QED) is 0.925. The van der Waals surface area contributed by atoms with Crippen LogP contribution in [-0.4, -0.2) is 12.2 Å². The summed E-state index contributed by atoms with van der Waals surface area (Å²) in [5.74, 6) is -0.359. The lowest BCUT2D eigenvalue weighted by Gasteiger charge is -2.14. The van der Waals surface area contributed by atoms with E-state index in [0.29, 0.717) is 6.42 Å². The highest BCUT2D eigenvalue weighted by Crippen LogP contribution is 2.27. The molecular weight excluding hydrogens is 311 g/mol. The number of aliphatic hydroxyl groups excluding tert-OH is 1. The highest BCUT2D eigenvalue weighted by atomic mass is 79.9. The van der Waals surface area contributed by atoms with Crippen LogP contribution >= 0.6 is 15.9 Å². The zero-order valence-electron chi connectivity index (χ0n) is 10.4. The second-order valence-electron chi connectivity index (χ2n) is 4.21. The van der Waals surface area contributed by atoms with E-state index in [-0.39, 0.29) is 11.3 Å². The Bertz CT molecular complexity index is 555. The van der Waals surface area contributed by atoms with Crippen molar-refractivity contribution in [1.29, 1.82) is 0 Å². The van der Waals surface area contributed by atoms with Crippen molar-refractivity contribution in [1.82, 2.24) is 0 Å². The summed E-state index contributed by atoms with van der Waals surface area (Å²) >= 11 is 3.35. The molecule has 0 bridgehead atoms. The monoisotopic (exact) mass is 324 g/mol. The Morgan fingerprint density at radius 1 is 1.21 bits per heavy atom. The molecule has 0 aliphatic heterocycles. The molecule has 2 nitrogen and oxygen atoms in total. The summed E-state index contributed by atoms with van der Waals surface area (Å²) in [6, 6.07) is 12.3. The Morgan fingerprint density at radius 2 is 1.89 bits per heavy atom. The lowest BCUT2D eigenvalue weighted by atomic mass is 10.0. The number of aliphatic hydroxyl groups is 1. The first-order valence-electron chi connectivity index (χ1n) is 5.86. The zero-order valence-corrected chi connectivity index (χ0v) is 12.0. The van der Waals surface area contributed by atoms with Crippen molar-refractivity contribution in [2.75, 3.05) is 7.11 Å². The summed E-state index contributed by atoms with van der Waals surface area (Å²) in [5, 5.41) is 10.1. The molecule has 4 heteroatoms. The number of hydrogen-bond donors (Lipinski definition) is 1. The lowest BCUT2D eigenvalue weighted by molar-refractivity contribution is 0.172. The van der Waals surface area contributed by atoms with Gasteiger partial charge in [0, 0.05) is 16.5 Å². The number of rotatable bonds is 4. The van der Waals surface area contributed by atoms with Crippen molar-refractivity contribution in [3.8, 4) is 5.75 Å². The maximum absolute atomic E-state index is 14.0. The number of benzene rings is 2. The van der Waals surface area contributed by atoms with Crippen LogP contribution in [0.2, 0.25) is 0 Å². The maximum Gasteiger partial charge on any atom is 0.170 e. The molecule has 1 atom stereocenters. The van der Waals surface area contributed by atoms with Gasteiger partial charge in [-0.2, -0.15) is 0 Å². The molecule has 0 radical (unpaired) electrons. The first-order valence-corrected chi connectivity index (χ1v) is 6.66. The van der Waals surface area contributed by atoms with E-state index in [1.165, 1.54) is 13.2 Å². The van der Waals surface area contributed by atoms with Crippen LogP contribution < -0.4 is 4.74 Å². The largest absolute Gasteiger partial charge is 0.494 e. The Balaban J connectivity index is 2.20. The molecule has 2 rings (SSSR count). The summed E-state index contributed by atoms with van der Waals surface area (Å²) in [5.41, 5.74) is 1.19. The van der Waals surface area contributed by atoms with Gasteiger partial charge in [-0.25, -0.2) is 4.39 Å². The smallest absolute Gasteiger partial charge is 0.170 e. The fourth-order valence-corrected chi connectivity index (χ4v) is 2.16. The third-order valence-corrected chi connectivity index (χ3v) is 3.44. The van der Waals surface area contributed by atoms with E-state index in [1.54, 1.807) is 12.1 Å². The molecule has 0 saturated carbocycles. The number of methoxy groups -OCH3 is 1. The molecule has 1 unspecified atom stereocenters. The van der Waals surface area contributed by atoms with Crippen LogP contribution in [0.5, 0.6) is 5.75 Å². The third-order valence-electron chi connectivity index (χ3n) is 2.91. The molecular formula is C15H14BrFO2. The molecule has 0 heterocycles. The van der Waals surface area contributed by atoms with E-state index in [1.807, 2.05) is 24.3 Å². The highest BCUT2D eigenvalue weighted by molar-refractivity contribution is 9.10. The molecule has 100 valence electrons. The fourth-order valence-electron chi connectivity index (χ4n) is 1.90. The van der Waals surface area contributed by atoms with Crippen LogP contribution in [0.3, 0.4) is 0 Å². The van der Waals surface area contributed by atoms with Crippen molar-refractivity contribution >= 4 is 15.9 Å². The molecule has 0 aliphatic carbocycles. The van der Waals surface area contributed by atoms with Crippen molar-refractivity contribution < 1.29 is 14.2 Å². The lowest BCUT2D eigenvalue weighted by Crippen LogP contribution is -2.05. The van der Waals surface area contributed by atoms with Crippen molar-refractivity contribution in [2.45, 2.75) is 12.5 Å². The molecule has 2 aromatic carbocycles. The third kappa shape index (κ3) is 3.33. The predicted molar refractivity (Wildman–Crippen MR) is 75.8 cm³/mol. The number of hydrogen-bond acceptors (Lipinski definition) is 2. The predicted octanol–water partition coefficient (Wildman–Crippen LogP) is 3.87. The first-order chi connectivity index (χ1) is 9.11. The normalized spacial score (nSPS) is 12.2. The van der Waals surface area contributed by atoms with Crippen molar-refractivity contribution in [3.05, 3.63) is 63.9 Å². The van der Waals surface area contributed by atoms with Crippen LogP contribution in [-0.2, 0) is 6.42 Å². The van der Waals surface area contributed by atoms with Gasteiger partial charge in [0.1, 0.15) is 0 Å². The van der Waals surface area contributed by atoms with Crippen LogP contribution in [0.4, 0.5) is 4.39 Å². The van der Waals surface area contributed by atoms with Crippen LogP contribution in [0, 0.1) is 5.82 Å². The van der Waals surface area contributed by atoms with Crippen molar-refractivity contribution in [2.24, 2.45) is 0 Å². The van der Waals surface area contributed by atoms with Crippen molar-refractivity contribution in [3.63, 3.8) is 0 Å². The van der Waals surface area contributed by atoms with Gasteiger partial charge in [-0.1, -0.05) is 40.2 Å². The Morgan fingerprint density at radius 3 is 2.53 bits per heavy atom. The SMILES string of the molecule is COc1cccc(C(O)Cc2ccc(Br)cc2)c1F. The average molecular weight is 325 g/mol. The van der Waals surface area contributed by atoms with E-state index >= 15 is 0 Å². The van der Waals surface area contributed by atoms with Gasteiger partial charge in [-0.05, 0) is 23.8 Å². The van der Waals surface area contributed by atoms with Crippen LogP contribution in [0.1, 0.15) is 17.2 Å². The van der Waals surface area contributed by atoms with Crippen LogP contribution in [0.25, 0.3) is 0 Å². The molecule has 1 N–H and O–H groups in total. The van der Waals surface area contributed by atoms with Gasteiger partial charge in [0.15, 0.2) is 11.6 Å². The maximum atomic E-state index is 14.0. The van der Waals surface area contributed by atoms with Crippen LogP contribution in [0.15, 0.2) is 46.9 Å². The highest BCUT2D eigenvalue weighted by Gasteiger charge is 2.16. The average Bonchev–Trinajstić information content (AvgIpc) is 2.41. The van der Waals surface area contributed by atoms with Gasteiger partial charge in [0.05, 0.1) is 13.2 Å². The second-order valence-corrected chi connectivity index (χ2v) is 5.13. The molecule has 0 spiro atoms. The van der Waals surface area contributed by atoms with Gasteiger partial charge in [0.25, 0.3) is 0 Å². The Labute approximate surface area is 120 Å². The molecule has 0 amide bonds. The van der Waals surface area contributed by atoms with E-state index in [2.05, 4.69) is 15.9 Å². The molecule has 0 saturated heterocycles. The number of halogens is 2. The molecule has 19 heavy (non-hydrogen) atoms. The molecule has 2 aromatic rings. The topological polar surface area (TPSA) is 29.5 Å². The second kappa shape index (κ2) is 6.17. The van der Waals surface area contributed by atoms with Gasteiger partial charge >= 0.3 is 0 Å². The minimum absolute atomic E-state index is 0.146. The zero-order chi connectivity index (χ0) is 13.8. The summed E-state index contributed by atoms with van der Waals surface area (Å²) in [6.45, 7) is 0. The molecule has 0 aliphatic rings. The van der Waals surface area contributed by atoms with E-state index in [0.717, 1.165) is 10.0 Å². The van der Waals surface area contributed by atoms with Gasteiger partial charge in [-0.15, -0.1) is 0 Å². The minimum atomic E-state index is -0.892. The van der Waals surface area contributed by atoms with Gasteiger partial charge in [-0.3, -0.25) is 0 Å². The standard InChI is InChI=1S/C15H14BrFO2/c1-19-14-4-2-3-12(15(14)17)13(18)9-10-5-7-11(16)8-6-10/h2-8,13,18H,9H2,1H3. The summed E-state index contributed by atoms with van der Waals surface area (Å²) in [7, 11) is 1.41. The molecule has 0 fully saturated rings. The molecule has 0 aromatic heterocycles. The van der Waals surface area contributed by atoms with Gasteiger partial charge in [0.2, 0.25) is 0 Å². The summed E-state index contributed by atoms with van der Waals surface area (Å²) in [6.07, 6.45) is -0.534. The summed E-state index contributed by atoms with van der Waals surface area (Å²) in [4.78, 5) is 0. The Kier molecular flexibility index (Phi) is 4.56. The Hall–Kier alpha value is -1.39.